The summed E-state index contributed by atoms with van der Waals surface area (Å²) >= 11 is 0. The Morgan fingerprint density at radius 3 is 1.97 bits per heavy atom. The Hall–Kier alpha value is -2.95. The third-order valence-corrected chi connectivity index (χ3v) is 6.13. The fourth-order valence-electron chi connectivity index (χ4n) is 4.23. The predicted octanol–water partition coefficient (Wildman–Crippen LogP) is 5.22. The number of rotatable bonds is 8. The molecule has 0 aliphatic carbocycles. The highest BCUT2D eigenvalue weighted by Gasteiger charge is 2.46. The third kappa shape index (κ3) is 3.53. The largest absolute Gasteiger partial charge is 0.497 e. The lowest BCUT2D eigenvalue weighted by molar-refractivity contribution is -0.433. The summed E-state index contributed by atoms with van der Waals surface area (Å²) in [4.78, 5) is 0. The van der Waals surface area contributed by atoms with Gasteiger partial charge in [0.2, 0.25) is 5.69 Å². The third-order valence-electron chi connectivity index (χ3n) is 6.13. The fourth-order valence-corrected chi connectivity index (χ4v) is 4.23. The molecule has 0 saturated heterocycles. The van der Waals surface area contributed by atoms with Crippen LogP contribution in [-0.2, 0) is 5.41 Å². The van der Waals surface area contributed by atoms with Crippen molar-refractivity contribution in [3.63, 3.8) is 0 Å². The molecule has 0 aromatic heterocycles. The Balaban J connectivity index is 2.15. The number of allylic oxidation sites excluding steroid dienone is 1. The summed E-state index contributed by atoms with van der Waals surface area (Å²) in [6, 6.07) is 10.1. The van der Waals surface area contributed by atoms with Gasteiger partial charge in [0.15, 0.2) is 5.71 Å². The number of methoxy groups -OCH3 is 4. The summed E-state index contributed by atoms with van der Waals surface area (Å²) in [6.07, 6.45) is 5.23. The molecule has 1 heterocycles. The van der Waals surface area contributed by atoms with Crippen molar-refractivity contribution in [1.82, 2.24) is 0 Å². The van der Waals surface area contributed by atoms with Crippen LogP contribution in [0.15, 0.2) is 36.4 Å². The summed E-state index contributed by atoms with van der Waals surface area (Å²) in [7, 11) is 6.66. The Kier molecular flexibility index (Phi) is 6.40. The molecule has 0 saturated carbocycles. The number of benzene rings is 2. The van der Waals surface area contributed by atoms with Crippen LogP contribution in [0.5, 0.6) is 23.0 Å². The van der Waals surface area contributed by atoms with Crippen molar-refractivity contribution in [2.45, 2.75) is 32.6 Å². The second kappa shape index (κ2) is 8.82. The van der Waals surface area contributed by atoms with Crippen LogP contribution >= 0.6 is 0 Å². The van der Waals surface area contributed by atoms with Gasteiger partial charge in [-0.05, 0) is 38.5 Å². The SMILES string of the molecule is CC[N+]1=C(/C=C/c2c(OC)cc(OC)cc2OC)C(C)(CC)c2cc(OC)ccc21. The van der Waals surface area contributed by atoms with Crippen LogP contribution in [0.2, 0.25) is 0 Å². The van der Waals surface area contributed by atoms with Crippen LogP contribution in [0.1, 0.15) is 38.3 Å². The second-order valence-corrected chi connectivity index (χ2v) is 7.48. The molecule has 0 N–H and O–H groups in total. The Labute approximate surface area is 179 Å². The van der Waals surface area contributed by atoms with Crippen molar-refractivity contribution < 1.29 is 23.5 Å². The molecule has 0 fully saturated rings. The zero-order valence-electron chi connectivity index (χ0n) is 19.0. The lowest BCUT2D eigenvalue weighted by Gasteiger charge is -2.20. The summed E-state index contributed by atoms with van der Waals surface area (Å²) in [5.74, 6) is 3.00. The fraction of sp³-hybridized carbons (Fsp3) is 0.400. The van der Waals surface area contributed by atoms with Crippen molar-refractivity contribution >= 4 is 17.5 Å². The molecule has 1 aliphatic heterocycles. The molecule has 0 bridgehead atoms. The summed E-state index contributed by atoms with van der Waals surface area (Å²) in [5.41, 5.74) is 4.53. The number of hydrogen-bond acceptors (Lipinski definition) is 4. The van der Waals surface area contributed by atoms with E-state index in [2.05, 4.69) is 49.6 Å². The molecule has 2 aromatic rings. The minimum Gasteiger partial charge on any atom is -0.497 e. The van der Waals surface area contributed by atoms with Crippen molar-refractivity contribution in [1.29, 1.82) is 0 Å². The minimum atomic E-state index is -0.122. The first kappa shape index (κ1) is 21.8. The Bertz CT molecular complexity index is 968. The number of fused-ring (bicyclic) bond motifs is 1. The van der Waals surface area contributed by atoms with E-state index in [1.807, 2.05) is 18.2 Å². The average Bonchev–Trinajstić information content (AvgIpc) is 3.04. The maximum atomic E-state index is 5.62. The van der Waals surface area contributed by atoms with Crippen LogP contribution in [0.25, 0.3) is 6.08 Å². The van der Waals surface area contributed by atoms with Gasteiger partial charge in [-0.25, -0.2) is 0 Å². The number of ether oxygens (including phenoxy) is 4. The highest BCUT2D eigenvalue weighted by molar-refractivity contribution is 6.06. The molecule has 1 aliphatic rings. The van der Waals surface area contributed by atoms with E-state index >= 15 is 0 Å². The number of nitrogens with zero attached hydrogens (tertiary/aromatic N) is 1. The molecule has 1 atom stereocenters. The van der Waals surface area contributed by atoms with E-state index in [0.717, 1.165) is 24.3 Å². The lowest BCUT2D eigenvalue weighted by atomic mass is 9.77. The first-order valence-electron chi connectivity index (χ1n) is 10.3. The lowest BCUT2D eigenvalue weighted by Crippen LogP contribution is -2.30. The molecule has 5 heteroatoms. The van der Waals surface area contributed by atoms with E-state index in [4.69, 9.17) is 18.9 Å². The predicted molar refractivity (Wildman–Crippen MR) is 121 cm³/mol. The Morgan fingerprint density at radius 1 is 0.833 bits per heavy atom. The molecule has 2 aromatic carbocycles. The molecule has 0 amide bonds. The van der Waals surface area contributed by atoms with E-state index in [0.29, 0.717) is 17.2 Å². The van der Waals surface area contributed by atoms with Gasteiger partial charge in [-0.15, -0.1) is 0 Å². The first-order chi connectivity index (χ1) is 14.5. The standard InChI is InChI=1S/C25H32NO4/c1-8-25(3)20-14-17(27-4)10-12-21(20)26(9-2)24(25)13-11-19-22(29-6)15-18(28-5)16-23(19)30-7/h10-16H,8-9H2,1-7H3/q+1/b13-11+. The second-order valence-electron chi connectivity index (χ2n) is 7.48. The van der Waals surface area contributed by atoms with Crippen LogP contribution in [-0.4, -0.2) is 45.3 Å². The maximum absolute atomic E-state index is 5.62. The Morgan fingerprint density at radius 2 is 1.47 bits per heavy atom. The van der Waals surface area contributed by atoms with E-state index in [-0.39, 0.29) is 5.41 Å². The van der Waals surface area contributed by atoms with Crippen LogP contribution in [0, 0.1) is 0 Å². The van der Waals surface area contributed by atoms with Gasteiger partial charge in [0.05, 0.1) is 39.4 Å². The molecule has 1 unspecified atom stereocenters. The summed E-state index contributed by atoms with van der Waals surface area (Å²) < 4.78 is 24.5. The van der Waals surface area contributed by atoms with Gasteiger partial charge in [0.25, 0.3) is 0 Å². The smallest absolute Gasteiger partial charge is 0.210 e. The van der Waals surface area contributed by atoms with Gasteiger partial charge < -0.3 is 18.9 Å². The summed E-state index contributed by atoms with van der Waals surface area (Å²) in [5, 5.41) is 0. The summed E-state index contributed by atoms with van der Waals surface area (Å²) in [6.45, 7) is 7.58. The van der Waals surface area contributed by atoms with E-state index in [9.17, 15) is 0 Å². The molecule has 0 radical (unpaired) electrons. The van der Waals surface area contributed by atoms with Gasteiger partial charge >= 0.3 is 0 Å². The monoisotopic (exact) mass is 410 g/mol. The minimum absolute atomic E-state index is 0.122. The quantitative estimate of drug-likeness (QED) is 0.560. The normalized spacial score (nSPS) is 18.0. The topological polar surface area (TPSA) is 39.9 Å². The van der Waals surface area contributed by atoms with Crippen molar-refractivity contribution in [2.24, 2.45) is 0 Å². The molecule has 160 valence electrons. The maximum Gasteiger partial charge on any atom is 0.210 e. The van der Waals surface area contributed by atoms with Gasteiger partial charge in [-0.3, -0.25) is 0 Å². The van der Waals surface area contributed by atoms with Gasteiger partial charge in [-0.1, -0.05) is 6.92 Å². The van der Waals surface area contributed by atoms with Crippen LogP contribution < -0.4 is 18.9 Å². The van der Waals surface area contributed by atoms with Crippen LogP contribution in [0.4, 0.5) is 5.69 Å². The van der Waals surface area contributed by atoms with E-state index < -0.39 is 0 Å². The molecular formula is C25H32NO4+. The van der Waals surface area contributed by atoms with Gasteiger partial charge in [-0.2, -0.15) is 4.58 Å². The first-order valence-corrected chi connectivity index (χ1v) is 10.3. The van der Waals surface area contributed by atoms with Crippen molar-refractivity contribution in [3.8, 4) is 23.0 Å². The number of hydrogen-bond donors (Lipinski definition) is 0. The molecular weight excluding hydrogens is 378 g/mol. The highest BCUT2D eigenvalue weighted by atomic mass is 16.5. The average molecular weight is 411 g/mol. The van der Waals surface area contributed by atoms with Crippen molar-refractivity contribution in [2.75, 3.05) is 35.0 Å². The van der Waals surface area contributed by atoms with Gasteiger partial charge in [0, 0.05) is 29.8 Å². The zero-order chi connectivity index (χ0) is 21.9. The molecule has 30 heavy (non-hydrogen) atoms. The molecule has 5 nitrogen and oxygen atoms in total. The van der Waals surface area contributed by atoms with Crippen LogP contribution in [0.3, 0.4) is 0 Å². The molecule has 3 rings (SSSR count). The van der Waals surface area contributed by atoms with E-state index in [1.54, 1.807) is 28.4 Å². The van der Waals surface area contributed by atoms with Crippen molar-refractivity contribution in [3.05, 3.63) is 47.5 Å². The van der Waals surface area contributed by atoms with Gasteiger partial charge in [0.1, 0.15) is 29.5 Å². The molecule has 0 spiro atoms. The van der Waals surface area contributed by atoms with E-state index in [1.165, 1.54) is 17.0 Å². The zero-order valence-corrected chi connectivity index (χ0v) is 19.0. The highest BCUT2D eigenvalue weighted by Crippen LogP contribution is 2.44.